The maximum absolute atomic E-state index is 13.8. The Morgan fingerprint density at radius 2 is 2.00 bits per heavy atom. The van der Waals surface area contributed by atoms with Gasteiger partial charge in [-0.1, -0.05) is 17.3 Å². The summed E-state index contributed by atoms with van der Waals surface area (Å²) in [7, 11) is 0. The van der Waals surface area contributed by atoms with Gasteiger partial charge >= 0.3 is 0 Å². The van der Waals surface area contributed by atoms with E-state index in [4.69, 9.17) is 10.3 Å². The summed E-state index contributed by atoms with van der Waals surface area (Å²) in [4.78, 5) is 3.67. The van der Waals surface area contributed by atoms with Gasteiger partial charge in [0.1, 0.15) is 5.82 Å². The average molecular weight is 273 g/mol. The Labute approximate surface area is 112 Å². The van der Waals surface area contributed by atoms with Gasteiger partial charge in [0.25, 0.3) is 0 Å². The molecule has 0 unspecified atom stereocenters. The third-order valence-corrected chi connectivity index (χ3v) is 2.85. The van der Waals surface area contributed by atoms with Crippen molar-refractivity contribution in [2.75, 3.05) is 5.73 Å². The van der Waals surface area contributed by atoms with E-state index in [0.29, 0.717) is 11.1 Å². The van der Waals surface area contributed by atoms with Gasteiger partial charge in [-0.25, -0.2) is 8.78 Å². The minimum absolute atomic E-state index is 0.0711. The lowest BCUT2D eigenvalue weighted by molar-refractivity contribution is 0.433. The van der Waals surface area contributed by atoms with Crippen LogP contribution in [0.3, 0.4) is 0 Å². The van der Waals surface area contributed by atoms with E-state index in [1.807, 2.05) is 0 Å². The van der Waals surface area contributed by atoms with Gasteiger partial charge < -0.3 is 10.3 Å². The van der Waals surface area contributed by atoms with E-state index in [1.54, 1.807) is 6.07 Å². The van der Waals surface area contributed by atoms with Gasteiger partial charge in [0.05, 0.1) is 17.3 Å². The molecule has 3 aromatic rings. The number of nitrogens with zero attached hydrogens (tertiary/aromatic N) is 2. The maximum Gasteiger partial charge on any atom is 0.179 e. The van der Waals surface area contributed by atoms with Crippen LogP contribution in [0.15, 0.2) is 47.2 Å². The van der Waals surface area contributed by atoms with Crippen LogP contribution in [-0.2, 0) is 0 Å². The lowest BCUT2D eigenvalue weighted by Gasteiger charge is -2.03. The van der Waals surface area contributed by atoms with Gasteiger partial charge in [0.2, 0.25) is 0 Å². The van der Waals surface area contributed by atoms with Crippen molar-refractivity contribution in [2.24, 2.45) is 0 Å². The summed E-state index contributed by atoms with van der Waals surface area (Å²) in [6.07, 6.45) is 2.48. The highest BCUT2D eigenvalue weighted by atomic mass is 19.1. The van der Waals surface area contributed by atoms with Crippen molar-refractivity contribution >= 4 is 5.82 Å². The molecule has 0 aliphatic heterocycles. The number of nitrogen functional groups attached to an aromatic ring is 1. The van der Waals surface area contributed by atoms with E-state index in [2.05, 4.69) is 10.1 Å². The van der Waals surface area contributed by atoms with Gasteiger partial charge in [-0.2, -0.15) is 0 Å². The SMILES string of the molecule is Nc1noc(-c2ccncc2F)c1-c1cccc(F)c1. The number of hydrogen-bond acceptors (Lipinski definition) is 4. The second-order valence-corrected chi connectivity index (χ2v) is 4.14. The predicted molar refractivity (Wildman–Crippen MR) is 69.5 cm³/mol. The molecule has 0 bridgehead atoms. The molecule has 0 fully saturated rings. The first kappa shape index (κ1) is 12.3. The number of aromatic nitrogens is 2. The number of rotatable bonds is 2. The molecule has 0 aliphatic rings. The van der Waals surface area contributed by atoms with Gasteiger partial charge in [-0.3, -0.25) is 4.98 Å². The highest BCUT2D eigenvalue weighted by molar-refractivity contribution is 5.86. The first-order valence-electron chi connectivity index (χ1n) is 5.78. The van der Waals surface area contributed by atoms with Crippen molar-refractivity contribution in [3.63, 3.8) is 0 Å². The molecule has 0 amide bonds. The second-order valence-electron chi connectivity index (χ2n) is 4.14. The first-order chi connectivity index (χ1) is 9.66. The Morgan fingerprint density at radius 1 is 1.15 bits per heavy atom. The Morgan fingerprint density at radius 3 is 2.75 bits per heavy atom. The van der Waals surface area contributed by atoms with Gasteiger partial charge in [-0.15, -0.1) is 0 Å². The van der Waals surface area contributed by atoms with Crippen LogP contribution in [-0.4, -0.2) is 10.1 Å². The first-order valence-corrected chi connectivity index (χ1v) is 5.78. The van der Waals surface area contributed by atoms with E-state index in [0.717, 1.165) is 6.20 Å². The standard InChI is InChI=1S/C14H9F2N3O/c15-9-3-1-2-8(6-9)12-13(20-19-14(12)17)10-4-5-18-7-11(10)16/h1-7H,(H2,17,19). The molecule has 3 rings (SSSR count). The molecule has 2 N–H and O–H groups in total. The summed E-state index contributed by atoms with van der Waals surface area (Å²) in [6, 6.07) is 7.21. The van der Waals surface area contributed by atoms with Gasteiger partial charge in [0.15, 0.2) is 17.4 Å². The smallest absolute Gasteiger partial charge is 0.179 e. The minimum atomic E-state index is -0.568. The van der Waals surface area contributed by atoms with Crippen LogP contribution in [0.1, 0.15) is 0 Å². The molecule has 1 aromatic carbocycles. The van der Waals surface area contributed by atoms with E-state index >= 15 is 0 Å². The van der Waals surface area contributed by atoms with Crippen LogP contribution >= 0.6 is 0 Å². The molecule has 0 atom stereocenters. The van der Waals surface area contributed by atoms with Crippen molar-refractivity contribution in [3.8, 4) is 22.5 Å². The molecule has 0 radical (unpaired) electrons. The predicted octanol–water partition coefficient (Wildman–Crippen LogP) is 3.26. The molecule has 0 saturated carbocycles. The van der Waals surface area contributed by atoms with Crippen molar-refractivity contribution in [1.82, 2.24) is 10.1 Å². The molecule has 6 heteroatoms. The second kappa shape index (κ2) is 4.73. The van der Waals surface area contributed by atoms with Gasteiger partial charge in [-0.05, 0) is 23.8 Å². The van der Waals surface area contributed by atoms with Crippen molar-refractivity contribution < 1.29 is 13.3 Å². The Balaban J connectivity index is 2.23. The summed E-state index contributed by atoms with van der Waals surface area (Å²) < 4.78 is 32.2. The number of pyridine rings is 1. The molecule has 0 spiro atoms. The fourth-order valence-corrected chi connectivity index (χ4v) is 1.97. The molecule has 100 valence electrons. The van der Waals surface area contributed by atoms with Crippen LogP contribution in [0.5, 0.6) is 0 Å². The lowest BCUT2D eigenvalue weighted by Crippen LogP contribution is -1.91. The largest absolute Gasteiger partial charge is 0.380 e. The highest BCUT2D eigenvalue weighted by Gasteiger charge is 2.20. The van der Waals surface area contributed by atoms with Crippen LogP contribution in [0.2, 0.25) is 0 Å². The highest BCUT2D eigenvalue weighted by Crippen LogP contribution is 2.37. The Kier molecular flexibility index (Phi) is 2.90. The van der Waals surface area contributed by atoms with E-state index in [9.17, 15) is 8.78 Å². The molecule has 0 saturated heterocycles. The Bertz CT molecular complexity index is 771. The van der Waals surface area contributed by atoms with Crippen LogP contribution in [0.25, 0.3) is 22.5 Å². The zero-order valence-corrected chi connectivity index (χ0v) is 10.2. The summed E-state index contributed by atoms with van der Waals surface area (Å²) >= 11 is 0. The fraction of sp³-hybridized carbons (Fsp3) is 0. The maximum atomic E-state index is 13.8. The van der Waals surface area contributed by atoms with E-state index < -0.39 is 11.6 Å². The van der Waals surface area contributed by atoms with E-state index in [1.165, 1.54) is 30.5 Å². The zero-order valence-electron chi connectivity index (χ0n) is 10.2. The van der Waals surface area contributed by atoms with E-state index in [-0.39, 0.29) is 17.1 Å². The topological polar surface area (TPSA) is 64.9 Å². The summed E-state index contributed by atoms with van der Waals surface area (Å²) in [5.74, 6) is -0.777. The molecule has 4 nitrogen and oxygen atoms in total. The lowest BCUT2D eigenvalue weighted by atomic mass is 10.0. The zero-order chi connectivity index (χ0) is 14.1. The summed E-state index contributed by atoms with van der Waals surface area (Å²) in [6.45, 7) is 0. The molecular formula is C14H9F2N3O. The van der Waals surface area contributed by atoms with Crippen molar-refractivity contribution in [2.45, 2.75) is 0 Å². The molecular weight excluding hydrogens is 264 g/mol. The van der Waals surface area contributed by atoms with Crippen LogP contribution in [0, 0.1) is 11.6 Å². The van der Waals surface area contributed by atoms with Crippen molar-refractivity contribution in [1.29, 1.82) is 0 Å². The summed E-state index contributed by atoms with van der Waals surface area (Å²) in [5, 5.41) is 3.63. The number of nitrogens with two attached hydrogens (primary N) is 1. The molecule has 2 aromatic heterocycles. The van der Waals surface area contributed by atoms with Crippen molar-refractivity contribution in [3.05, 3.63) is 54.4 Å². The average Bonchev–Trinajstić information content (AvgIpc) is 2.81. The number of halogens is 2. The fourth-order valence-electron chi connectivity index (χ4n) is 1.97. The molecule has 20 heavy (non-hydrogen) atoms. The third-order valence-electron chi connectivity index (χ3n) is 2.85. The number of anilines is 1. The minimum Gasteiger partial charge on any atom is -0.380 e. The Hall–Kier alpha value is -2.76. The molecule has 2 heterocycles. The number of benzene rings is 1. The monoisotopic (exact) mass is 273 g/mol. The molecule has 0 aliphatic carbocycles. The normalized spacial score (nSPS) is 10.7. The van der Waals surface area contributed by atoms with Crippen LogP contribution in [0.4, 0.5) is 14.6 Å². The van der Waals surface area contributed by atoms with Crippen LogP contribution < -0.4 is 5.73 Å². The summed E-state index contributed by atoms with van der Waals surface area (Å²) in [5.41, 5.74) is 6.74. The van der Waals surface area contributed by atoms with Gasteiger partial charge in [0, 0.05) is 6.20 Å². The quantitative estimate of drug-likeness (QED) is 0.778. The number of hydrogen-bond donors (Lipinski definition) is 1. The third kappa shape index (κ3) is 2.01.